The lowest BCUT2D eigenvalue weighted by Crippen LogP contribution is -2.34. The number of nitrogens with zero attached hydrogens (tertiary/aromatic N) is 3. The van der Waals surface area contributed by atoms with E-state index in [2.05, 4.69) is 32.9 Å². The van der Waals surface area contributed by atoms with Crippen molar-refractivity contribution in [1.29, 1.82) is 0 Å². The van der Waals surface area contributed by atoms with Crippen LogP contribution in [0.1, 0.15) is 18.1 Å². The first-order valence-electron chi connectivity index (χ1n) is 10.4. The Kier molecular flexibility index (Phi) is 6.85. The highest BCUT2D eigenvalue weighted by molar-refractivity contribution is 7.99. The summed E-state index contributed by atoms with van der Waals surface area (Å²) in [4.78, 5) is 12.4. The van der Waals surface area contributed by atoms with Gasteiger partial charge in [0.05, 0.1) is 22.1 Å². The number of amides is 1. The van der Waals surface area contributed by atoms with Crippen molar-refractivity contribution in [3.8, 4) is 22.8 Å². The molecule has 0 saturated carbocycles. The predicted octanol–water partition coefficient (Wildman–Crippen LogP) is 3.37. The highest BCUT2D eigenvalue weighted by Gasteiger charge is 2.24. The van der Waals surface area contributed by atoms with Gasteiger partial charge in [0, 0.05) is 0 Å². The number of aromatic amines is 1. The van der Waals surface area contributed by atoms with Crippen LogP contribution in [0.15, 0.2) is 89.1 Å². The lowest BCUT2D eigenvalue weighted by molar-refractivity contribution is -0.625. The number of hydrogen-bond donors (Lipinski definition) is 2. The molecule has 0 unspecified atom stereocenters. The Labute approximate surface area is 196 Å². The lowest BCUT2D eigenvalue weighted by atomic mass is 10.1. The second-order valence-corrected chi connectivity index (χ2v) is 8.38. The Morgan fingerprint density at radius 2 is 1.85 bits per heavy atom. The highest BCUT2D eigenvalue weighted by atomic mass is 32.2. The van der Waals surface area contributed by atoms with Crippen LogP contribution in [-0.2, 0) is 4.79 Å². The van der Waals surface area contributed by atoms with E-state index in [1.165, 1.54) is 29.5 Å². The van der Waals surface area contributed by atoms with Gasteiger partial charge in [-0.05, 0) is 55.4 Å². The monoisotopic (exact) mass is 457 g/mol. The number of carbonyl (C=O) groups is 1. The van der Waals surface area contributed by atoms with Gasteiger partial charge in [0.25, 0.3) is 11.7 Å². The van der Waals surface area contributed by atoms with Gasteiger partial charge in [0.1, 0.15) is 5.69 Å². The number of hydrazone groups is 1. The zero-order valence-corrected chi connectivity index (χ0v) is 19.1. The summed E-state index contributed by atoms with van der Waals surface area (Å²) in [5.41, 5.74) is 6.90. The van der Waals surface area contributed by atoms with E-state index < -0.39 is 0 Å². The molecule has 8 heteroatoms. The van der Waals surface area contributed by atoms with Crippen LogP contribution in [0.4, 0.5) is 0 Å². The summed E-state index contributed by atoms with van der Waals surface area (Å²) in [6, 6.07) is 24.5. The fourth-order valence-corrected chi connectivity index (χ4v) is 3.97. The molecule has 0 aliphatic heterocycles. The van der Waals surface area contributed by atoms with Gasteiger partial charge in [-0.1, -0.05) is 60.2 Å². The fourth-order valence-electron chi connectivity index (χ4n) is 3.21. The van der Waals surface area contributed by atoms with E-state index in [1.54, 1.807) is 19.1 Å². The number of nitrogens with one attached hydrogen (secondary N) is 2. The van der Waals surface area contributed by atoms with Crippen molar-refractivity contribution >= 4 is 23.4 Å². The molecule has 4 aromatic rings. The molecule has 166 valence electrons. The number of benzene rings is 3. The van der Waals surface area contributed by atoms with Crippen LogP contribution in [0, 0.1) is 6.92 Å². The van der Waals surface area contributed by atoms with Crippen molar-refractivity contribution in [3.63, 3.8) is 0 Å². The van der Waals surface area contributed by atoms with E-state index in [0.29, 0.717) is 16.4 Å². The summed E-state index contributed by atoms with van der Waals surface area (Å²) in [6.45, 7) is 3.79. The normalized spacial score (nSPS) is 11.4. The molecular formula is C25H23N5O2S. The van der Waals surface area contributed by atoms with Gasteiger partial charge in [0.15, 0.2) is 0 Å². The summed E-state index contributed by atoms with van der Waals surface area (Å²) < 4.78 is 2.00. The van der Waals surface area contributed by atoms with Gasteiger partial charge in [-0.2, -0.15) is 9.67 Å². The van der Waals surface area contributed by atoms with Gasteiger partial charge < -0.3 is 5.11 Å². The first-order valence-corrected chi connectivity index (χ1v) is 11.4. The number of aryl methyl sites for hydroxylation is 1. The zero-order valence-electron chi connectivity index (χ0n) is 18.3. The summed E-state index contributed by atoms with van der Waals surface area (Å²) >= 11 is 1.31. The van der Waals surface area contributed by atoms with E-state index in [0.717, 1.165) is 17.1 Å². The summed E-state index contributed by atoms with van der Waals surface area (Å²) in [6.07, 6.45) is 0. The van der Waals surface area contributed by atoms with E-state index in [1.807, 2.05) is 54.0 Å². The topological polar surface area (TPSA) is 97.1 Å². The quantitative estimate of drug-likeness (QED) is 0.192. The maximum atomic E-state index is 12.4. The number of para-hydroxylation sites is 1. The molecule has 0 aliphatic carbocycles. The van der Waals surface area contributed by atoms with Crippen LogP contribution >= 0.6 is 11.8 Å². The fraction of sp³-hybridized carbons (Fsp3) is 0.120. The minimum Gasteiger partial charge on any atom is -0.872 e. The Morgan fingerprint density at radius 1 is 1.09 bits per heavy atom. The average Bonchev–Trinajstić information content (AvgIpc) is 3.26. The molecular weight excluding hydrogens is 434 g/mol. The minimum atomic E-state index is -0.267. The van der Waals surface area contributed by atoms with Gasteiger partial charge in [0.2, 0.25) is 0 Å². The predicted molar refractivity (Wildman–Crippen MR) is 127 cm³/mol. The molecule has 0 radical (unpaired) electrons. The Bertz CT molecular complexity index is 1280. The molecule has 1 heterocycles. The molecule has 4 rings (SSSR count). The molecule has 1 aromatic heterocycles. The molecule has 0 fully saturated rings. The van der Waals surface area contributed by atoms with E-state index >= 15 is 0 Å². The number of aromatic nitrogens is 3. The second kappa shape index (κ2) is 10.1. The third-order valence-corrected chi connectivity index (χ3v) is 5.88. The third kappa shape index (κ3) is 5.48. The second-order valence-electron chi connectivity index (χ2n) is 7.44. The Hall–Kier alpha value is -3.91. The van der Waals surface area contributed by atoms with Crippen LogP contribution in [0.5, 0.6) is 5.75 Å². The average molecular weight is 458 g/mol. The molecule has 0 aliphatic rings. The van der Waals surface area contributed by atoms with Crippen LogP contribution in [-0.4, -0.2) is 27.6 Å². The van der Waals surface area contributed by atoms with Crippen LogP contribution in [0.3, 0.4) is 0 Å². The molecule has 3 aromatic carbocycles. The van der Waals surface area contributed by atoms with Crippen molar-refractivity contribution in [3.05, 3.63) is 90.0 Å². The number of hydrogen-bond acceptors (Lipinski definition) is 5. The highest BCUT2D eigenvalue weighted by Crippen LogP contribution is 2.20. The van der Waals surface area contributed by atoms with Gasteiger partial charge in [-0.15, -0.1) is 10.8 Å². The minimum absolute atomic E-state index is 0.0997. The molecule has 2 N–H and O–H groups in total. The molecule has 0 bridgehead atoms. The summed E-state index contributed by atoms with van der Waals surface area (Å²) in [5.74, 6) is 0.591. The number of H-pyrrole nitrogens is 1. The van der Waals surface area contributed by atoms with Gasteiger partial charge in [-0.25, -0.2) is 5.43 Å². The van der Waals surface area contributed by atoms with Crippen LogP contribution < -0.4 is 15.1 Å². The van der Waals surface area contributed by atoms with Crippen molar-refractivity contribution < 1.29 is 14.5 Å². The molecule has 0 saturated heterocycles. The number of thioether (sulfide) groups is 1. The molecule has 0 spiro atoms. The summed E-state index contributed by atoms with van der Waals surface area (Å²) in [5, 5.41) is 23.9. The standard InChI is InChI=1S/C25H23N5O2S/c1-17-11-13-19(14-12-17)24-28-29-25(30(24)21-8-4-3-5-9-21)33-16-23(32)27-26-18(2)20-7-6-10-22(31)15-20/h3-15H,16H2,1-2H3,(H2,27,31,32)/b26-18-. The largest absolute Gasteiger partial charge is 0.872 e. The number of rotatable bonds is 7. The van der Waals surface area contributed by atoms with Crippen molar-refractivity contribution in [2.45, 2.75) is 19.0 Å². The lowest BCUT2D eigenvalue weighted by Gasteiger charge is -2.07. The van der Waals surface area contributed by atoms with E-state index in [-0.39, 0.29) is 17.4 Å². The van der Waals surface area contributed by atoms with E-state index in [4.69, 9.17) is 0 Å². The molecule has 0 atom stereocenters. The maximum Gasteiger partial charge on any atom is 0.342 e. The number of carbonyl (C=O) groups excluding carboxylic acids is 1. The molecule has 1 amide bonds. The first kappa shape index (κ1) is 22.3. The van der Waals surface area contributed by atoms with E-state index in [9.17, 15) is 9.90 Å². The maximum absolute atomic E-state index is 12.4. The summed E-state index contributed by atoms with van der Waals surface area (Å²) in [7, 11) is 0. The molecule has 7 nitrogen and oxygen atoms in total. The molecule has 33 heavy (non-hydrogen) atoms. The van der Waals surface area contributed by atoms with Crippen molar-refractivity contribution in [2.24, 2.45) is 5.10 Å². The zero-order chi connectivity index (χ0) is 23.2. The Morgan fingerprint density at radius 3 is 2.58 bits per heavy atom. The van der Waals surface area contributed by atoms with Gasteiger partial charge >= 0.3 is 5.16 Å². The SMILES string of the molecule is C/C(=N/NC(=O)CSc1n[nH]c(-c2ccc(C)cc2)[n+]1-c1ccccc1)c1cccc([O-])c1. The Balaban J connectivity index is 1.51. The first-order chi connectivity index (χ1) is 16.0. The van der Waals surface area contributed by atoms with Crippen LogP contribution in [0.2, 0.25) is 0 Å². The van der Waals surface area contributed by atoms with Crippen LogP contribution in [0.25, 0.3) is 17.1 Å². The third-order valence-electron chi connectivity index (χ3n) is 4.94. The van der Waals surface area contributed by atoms with Gasteiger partial charge in [-0.3, -0.25) is 4.79 Å². The van der Waals surface area contributed by atoms with Crippen molar-refractivity contribution in [1.82, 2.24) is 15.6 Å². The smallest absolute Gasteiger partial charge is 0.342 e. The van der Waals surface area contributed by atoms with Crippen molar-refractivity contribution in [2.75, 3.05) is 5.75 Å².